The Morgan fingerprint density at radius 1 is 0.793 bits per heavy atom. The van der Waals surface area contributed by atoms with Crippen LogP contribution in [0.15, 0.2) is 84.9 Å². The SMILES string of the molecule is FC(F)(F)CC1(c2ccccc2)c2ccccc2-c2c(-c3ccccc3)nnn21. The summed E-state index contributed by atoms with van der Waals surface area (Å²) < 4.78 is 43.1. The van der Waals surface area contributed by atoms with Gasteiger partial charge in [0.05, 0.1) is 12.1 Å². The summed E-state index contributed by atoms with van der Waals surface area (Å²) in [7, 11) is 0. The van der Waals surface area contributed by atoms with E-state index in [-0.39, 0.29) is 0 Å². The summed E-state index contributed by atoms with van der Waals surface area (Å²) in [5.74, 6) is 0. The van der Waals surface area contributed by atoms with Gasteiger partial charge in [-0.05, 0) is 11.1 Å². The molecule has 3 aromatic carbocycles. The van der Waals surface area contributed by atoms with Crippen LogP contribution in [-0.2, 0) is 5.54 Å². The Labute approximate surface area is 165 Å². The van der Waals surface area contributed by atoms with Gasteiger partial charge in [-0.2, -0.15) is 13.2 Å². The number of rotatable bonds is 3. The minimum atomic E-state index is -4.40. The summed E-state index contributed by atoms with van der Waals surface area (Å²) in [5, 5.41) is 8.57. The summed E-state index contributed by atoms with van der Waals surface area (Å²) in [4.78, 5) is 0. The van der Waals surface area contributed by atoms with E-state index >= 15 is 0 Å². The first-order valence-corrected chi connectivity index (χ1v) is 9.24. The van der Waals surface area contributed by atoms with Crippen molar-refractivity contribution >= 4 is 0 Å². The molecule has 5 rings (SSSR count). The lowest BCUT2D eigenvalue weighted by Crippen LogP contribution is -2.39. The molecule has 29 heavy (non-hydrogen) atoms. The van der Waals surface area contributed by atoms with Crippen molar-refractivity contribution in [2.75, 3.05) is 0 Å². The zero-order chi connectivity index (χ0) is 20.1. The Kier molecular flexibility index (Phi) is 3.84. The standard InChI is InChI=1S/C23H16F3N3/c24-23(25,26)15-22(17-11-5-2-6-12-17)19-14-8-7-13-18(19)21-20(27-28-29(21)22)16-9-3-1-4-10-16/h1-14H,15H2. The molecule has 4 aromatic rings. The largest absolute Gasteiger partial charge is 0.392 e. The third kappa shape index (κ3) is 2.67. The molecule has 0 radical (unpaired) electrons. The lowest BCUT2D eigenvalue weighted by atomic mass is 9.80. The zero-order valence-corrected chi connectivity index (χ0v) is 15.3. The van der Waals surface area contributed by atoms with E-state index in [1.807, 2.05) is 42.5 Å². The molecule has 1 atom stereocenters. The van der Waals surface area contributed by atoms with Crippen molar-refractivity contribution in [3.63, 3.8) is 0 Å². The summed E-state index contributed by atoms with van der Waals surface area (Å²) in [6.07, 6.45) is -5.46. The second-order valence-electron chi connectivity index (χ2n) is 7.13. The van der Waals surface area contributed by atoms with Crippen LogP contribution in [-0.4, -0.2) is 21.2 Å². The van der Waals surface area contributed by atoms with Crippen molar-refractivity contribution < 1.29 is 13.2 Å². The number of hydrogen-bond acceptors (Lipinski definition) is 2. The first kappa shape index (κ1) is 17.7. The van der Waals surface area contributed by atoms with Crippen molar-refractivity contribution in [2.45, 2.75) is 18.1 Å². The van der Waals surface area contributed by atoms with Crippen LogP contribution >= 0.6 is 0 Å². The fraction of sp³-hybridized carbons (Fsp3) is 0.130. The number of hydrogen-bond donors (Lipinski definition) is 0. The minimum absolute atomic E-state index is 0.535. The number of nitrogens with zero attached hydrogens (tertiary/aromatic N) is 3. The van der Waals surface area contributed by atoms with Crippen LogP contribution in [0.25, 0.3) is 22.5 Å². The summed E-state index contributed by atoms with van der Waals surface area (Å²) in [6.45, 7) is 0. The van der Waals surface area contributed by atoms with Crippen LogP contribution in [0.1, 0.15) is 17.5 Å². The fourth-order valence-electron chi connectivity index (χ4n) is 4.30. The molecule has 1 aliphatic rings. The summed E-state index contributed by atoms with van der Waals surface area (Å²) >= 11 is 0. The quantitative estimate of drug-likeness (QED) is 0.451. The maximum absolute atomic E-state index is 13.9. The topological polar surface area (TPSA) is 30.7 Å². The monoisotopic (exact) mass is 391 g/mol. The Hall–Kier alpha value is -3.41. The zero-order valence-electron chi connectivity index (χ0n) is 15.3. The Morgan fingerprint density at radius 3 is 2.10 bits per heavy atom. The molecule has 0 saturated heterocycles. The molecule has 0 bridgehead atoms. The van der Waals surface area contributed by atoms with Gasteiger partial charge in [-0.3, -0.25) is 0 Å². The van der Waals surface area contributed by atoms with Crippen molar-refractivity contribution in [1.82, 2.24) is 15.0 Å². The molecule has 3 nitrogen and oxygen atoms in total. The second kappa shape index (κ2) is 6.30. The Bertz CT molecular complexity index is 1170. The first-order valence-electron chi connectivity index (χ1n) is 9.24. The molecular weight excluding hydrogens is 375 g/mol. The molecule has 1 aromatic heterocycles. The van der Waals surface area contributed by atoms with E-state index in [4.69, 9.17) is 0 Å². The van der Waals surface area contributed by atoms with E-state index < -0.39 is 18.1 Å². The van der Waals surface area contributed by atoms with Gasteiger partial charge in [-0.1, -0.05) is 90.1 Å². The van der Waals surface area contributed by atoms with Crippen molar-refractivity contribution in [3.05, 3.63) is 96.1 Å². The molecule has 0 amide bonds. The van der Waals surface area contributed by atoms with Gasteiger partial charge in [0.2, 0.25) is 0 Å². The maximum atomic E-state index is 13.9. The number of fused-ring (bicyclic) bond motifs is 3. The highest BCUT2D eigenvalue weighted by Crippen LogP contribution is 2.53. The lowest BCUT2D eigenvalue weighted by molar-refractivity contribution is -0.147. The number of benzene rings is 3. The smallest absolute Gasteiger partial charge is 0.229 e. The van der Waals surface area contributed by atoms with Crippen LogP contribution < -0.4 is 0 Å². The van der Waals surface area contributed by atoms with Crippen molar-refractivity contribution in [2.24, 2.45) is 0 Å². The normalized spacial score (nSPS) is 17.8. The summed E-state index contributed by atoms with van der Waals surface area (Å²) in [6, 6.07) is 25.4. The van der Waals surface area contributed by atoms with Gasteiger partial charge in [-0.15, -0.1) is 5.10 Å². The maximum Gasteiger partial charge on any atom is 0.392 e. The van der Waals surface area contributed by atoms with Gasteiger partial charge in [0, 0.05) is 11.1 Å². The number of aromatic nitrogens is 3. The fourth-order valence-corrected chi connectivity index (χ4v) is 4.30. The number of alkyl halides is 3. The van der Waals surface area contributed by atoms with E-state index in [2.05, 4.69) is 10.3 Å². The van der Waals surface area contributed by atoms with Gasteiger partial charge in [0.15, 0.2) is 0 Å². The highest BCUT2D eigenvalue weighted by molar-refractivity contribution is 5.84. The molecule has 0 N–H and O–H groups in total. The van der Waals surface area contributed by atoms with Crippen molar-refractivity contribution in [3.8, 4) is 22.5 Å². The molecule has 144 valence electrons. The highest BCUT2D eigenvalue weighted by atomic mass is 19.4. The third-order valence-electron chi connectivity index (χ3n) is 5.41. The van der Waals surface area contributed by atoms with E-state index in [1.165, 1.54) is 4.68 Å². The Balaban J connectivity index is 1.86. The number of halogens is 3. The Morgan fingerprint density at radius 2 is 1.41 bits per heavy atom. The van der Waals surface area contributed by atoms with E-state index in [0.717, 1.165) is 11.1 Å². The molecular formula is C23H16F3N3. The van der Waals surface area contributed by atoms with Crippen molar-refractivity contribution in [1.29, 1.82) is 0 Å². The second-order valence-corrected chi connectivity index (χ2v) is 7.13. The molecule has 1 aliphatic heterocycles. The molecule has 2 heterocycles. The first-order chi connectivity index (χ1) is 14.0. The van der Waals surface area contributed by atoms with Crippen LogP contribution in [0.3, 0.4) is 0 Å². The van der Waals surface area contributed by atoms with Crippen LogP contribution in [0.2, 0.25) is 0 Å². The molecule has 0 aliphatic carbocycles. The van der Waals surface area contributed by atoms with Gasteiger partial charge < -0.3 is 0 Å². The van der Waals surface area contributed by atoms with E-state index in [0.29, 0.717) is 22.5 Å². The minimum Gasteiger partial charge on any atom is -0.229 e. The van der Waals surface area contributed by atoms with Gasteiger partial charge in [0.25, 0.3) is 0 Å². The average Bonchev–Trinajstić information content (AvgIpc) is 3.28. The lowest BCUT2D eigenvalue weighted by Gasteiger charge is -2.32. The summed E-state index contributed by atoms with van der Waals surface area (Å²) in [5.41, 5.74) is 2.37. The van der Waals surface area contributed by atoms with Crippen LogP contribution in [0.5, 0.6) is 0 Å². The molecule has 6 heteroatoms. The van der Waals surface area contributed by atoms with E-state index in [9.17, 15) is 13.2 Å². The average molecular weight is 391 g/mol. The molecule has 0 saturated carbocycles. The van der Waals surface area contributed by atoms with Gasteiger partial charge >= 0.3 is 6.18 Å². The predicted molar refractivity (Wildman–Crippen MR) is 104 cm³/mol. The van der Waals surface area contributed by atoms with Gasteiger partial charge in [0.1, 0.15) is 11.2 Å². The van der Waals surface area contributed by atoms with Crippen LogP contribution in [0.4, 0.5) is 13.2 Å². The molecule has 1 unspecified atom stereocenters. The van der Waals surface area contributed by atoms with Crippen LogP contribution in [0, 0.1) is 0 Å². The van der Waals surface area contributed by atoms with E-state index in [1.54, 1.807) is 42.5 Å². The molecule has 0 fully saturated rings. The third-order valence-corrected chi connectivity index (χ3v) is 5.41. The molecule has 0 spiro atoms. The highest BCUT2D eigenvalue weighted by Gasteiger charge is 2.53. The van der Waals surface area contributed by atoms with Gasteiger partial charge in [-0.25, -0.2) is 4.68 Å². The predicted octanol–water partition coefficient (Wildman–Crippen LogP) is 5.67.